The zero-order chi connectivity index (χ0) is 21.8. The van der Waals surface area contributed by atoms with Crippen LogP contribution in [0.4, 0.5) is 0 Å². The van der Waals surface area contributed by atoms with Gasteiger partial charge in [0.05, 0.1) is 21.1 Å². The van der Waals surface area contributed by atoms with Crippen LogP contribution in [-0.2, 0) is 11.4 Å². The van der Waals surface area contributed by atoms with Crippen LogP contribution in [0.3, 0.4) is 0 Å². The Labute approximate surface area is 192 Å². The number of halogens is 2. The van der Waals surface area contributed by atoms with Gasteiger partial charge in [-0.25, -0.2) is 9.78 Å². The number of nitrogens with zero attached hydrogens (tertiary/aromatic N) is 1. The van der Waals surface area contributed by atoms with E-state index in [4.69, 9.17) is 27.9 Å². The molecule has 0 radical (unpaired) electrons. The first-order valence-corrected chi connectivity index (χ1v) is 10.8. The van der Waals surface area contributed by atoms with Gasteiger partial charge in [0, 0.05) is 5.56 Å². The Hall–Kier alpha value is -2.93. The first-order chi connectivity index (χ1) is 15.0. The van der Waals surface area contributed by atoms with E-state index < -0.39 is 5.97 Å². The van der Waals surface area contributed by atoms with Crippen LogP contribution in [0.15, 0.2) is 76.8 Å². The maximum Gasteiger partial charge on any atom is 0.342 e. The molecule has 31 heavy (non-hydrogen) atoms. The van der Waals surface area contributed by atoms with E-state index in [0.717, 1.165) is 28.4 Å². The molecular weight excluding hydrogens is 455 g/mol. The summed E-state index contributed by atoms with van der Waals surface area (Å²) in [6.07, 6.45) is 1.57. The van der Waals surface area contributed by atoms with Gasteiger partial charge in [0.15, 0.2) is 5.16 Å². The Morgan fingerprint density at radius 3 is 2.61 bits per heavy atom. The SMILES string of the molecule is O=C(O)/C(=C/c1ccccc1OCc1ccc(Cl)c(Cl)c1)Sc1nc2ccccc2[nH]1. The fraction of sp³-hybridized carbons (Fsp3) is 0.0435. The Morgan fingerprint density at radius 2 is 1.84 bits per heavy atom. The van der Waals surface area contributed by atoms with Gasteiger partial charge in [-0.2, -0.15) is 0 Å². The molecule has 0 aliphatic heterocycles. The molecule has 0 amide bonds. The molecule has 0 atom stereocenters. The normalized spacial score (nSPS) is 11.6. The molecule has 0 aliphatic carbocycles. The minimum Gasteiger partial charge on any atom is -0.488 e. The van der Waals surface area contributed by atoms with Crippen LogP contribution in [0, 0.1) is 0 Å². The van der Waals surface area contributed by atoms with Crippen molar-refractivity contribution in [2.75, 3.05) is 0 Å². The molecule has 0 fully saturated rings. The molecule has 0 spiro atoms. The maximum absolute atomic E-state index is 11.9. The fourth-order valence-electron chi connectivity index (χ4n) is 2.88. The van der Waals surface area contributed by atoms with Crippen LogP contribution < -0.4 is 4.74 Å². The number of thioether (sulfide) groups is 1. The second kappa shape index (κ2) is 9.47. The molecule has 2 N–H and O–H groups in total. The molecule has 1 aromatic heterocycles. The second-order valence-corrected chi connectivity index (χ2v) is 8.39. The zero-order valence-corrected chi connectivity index (χ0v) is 18.3. The van der Waals surface area contributed by atoms with Gasteiger partial charge in [-0.1, -0.05) is 59.6 Å². The van der Waals surface area contributed by atoms with Gasteiger partial charge in [0.1, 0.15) is 17.3 Å². The fourth-order valence-corrected chi connectivity index (χ4v) is 3.99. The van der Waals surface area contributed by atoms with Crippen LogP contribution in [0.5, 0.6) is 5.75 Å². The van der Waals surface area contributed by atoms with Crippen LogP contribution in [0.2, 0.25) is 10.0 Å². The number of hydrogen-bond acceptors (Lipinski definition) is 4. The van der Waals surface area contributed by atoms with E-state index in [2.05, 4.69) is 9.97 Å². The number of H-pyrrole nitrogens is 1. The highest BCUT2D eigenvalue weighted by Crippen LogP contribution is 2.31. The van der Waals surface area contributed by atoms with E-state index >= 15 is 0 Å². The highest BCUT2D eigenvalue weighted by molar-refractivity contribution is 8.04. The smallest absolute Gasteiger partial charge is 0.342 e. The summed E-state index contributed by atoms with van der Waals surface area (Å²) < 4.78 is 5.92. The van der Waals surface area contributed by atoms with E-state index in [-0.39, 0.29) is 11.5 Å². The van der Waals surface area contributed by atoms with E-state index in [1.165, 1.54) is 0 Å². The van der Waals surface area contributed by atoms with Crippen molar-refractivity contribution in [3.63, 3.8) is 0 Å². The van der Waals surface area contributed by atoms with Crippen molar-refractivity contribution in [2.24, 2.45) is 0 Å². The molecule has 1 heterocycles. The van der Waals surface area contributed by atoms with E-state index in [9.17, 15) is 9.90 Å². The predicted octanol–water partition coefficient (Wildman–Crippen LogP) is 6.67. The monoisotopic (exact) mass is 470 g/mol. The minimum atomic E-state index is -1.05. The number of nitrogens with one attached hydrogen (secondary N) is 1. The maximum atomic E-state index is 11.9. The Kier molecular flexibility index (Phi) is 6.51. The number of rotatable bonds is 7. The van der Waals surface area contributed by atoms with E-state index in [1.807, 2.05) is 42.5 Å². The van der Waals surface area contributed by atoms with Gasteiger partial charge < -0.3 is 14.8 Å². The summed E-state index contributed by atoms with van der Waals surface area (Å²) in [6, 6.07) is 20.0. The van der Waals surface area contributed by atoms with Crippen molar-refractivity contribution < 1.29 is 14.6 Å². The molecule has 156 valence electrons. The number of imidazole rings is 1. The lowest BCUT2D eigenvalue weighted by Crippen LogP contribution is -2.00. The van der Waals surface area contributed by atoms with Crippen LogP contribution in [0.25, 0.3) is 17.1 Å². The van der Waals surface area contributed by atoms with Crippen LogP contribution >= 0.6 is 35.0 Å². The highest BCUT2D eigenvalue weighted by atomic mass is 35.5. The van der Waals surface area contributed by atoms with Crippen molar-refractivity contribution in [1.82, 2.24) is 9.97 Å². The summed E-state index contributed by atoms with van der Waals surface area (Å²) >= 11 is 13.1. The molecule has 0 aliphatic rings. The standard InChI is InChI=1S/C23H16Cl2N2O3S/c24-16-10-9-14(11-17(16)25)13-30-20-8-4-1-5-15(20)12-21(22(28)29)31-23-26-18-6-2-3-7-19(18)27-23/h1-12H,13H2,(H,26,27)(H,28,29)/b21-12-. The van der Waals surface area contributed by atoms with Crippen molar-refractivity contribution in [2.45, 2.75) is 11.8 Å². The third kappa shape index (κ3) is 5.22. The number of aromatic amines is 1. The number of aliphatic carboxylic acids is 1. The van der Waals surface area contributed by atoms with Gasteiger partial charge in [0.25, 0.3) is 0 Å². The number of carboxylic acid groups (broad SMARTS) is 1. The summed E-state index contributed by atoms with van der Waals surface area (Å²) in [5.74, 6) is -0.498. The minimum absolute atomic E-state index is 0.115. The number of carboxylic acids is 1. The molecule has 4 aromatic rings. The second-order valence-electron chi connectivity index (χ2n) is 6.55. The molecule has 5 nitrogen and oxygen atoms in total. The Bertz CT molecular complexity index is 1250. The molecule has 3 aromatic carbocycles. The van der Waals surface area contributed by atoms with Gasteiger partial charge in [-0.3, -0.25) is 0 Å². The number of carbonyl (C=O) groups is 1. The zero-order valence-electron chi connectivity index (χ0n) is 16.0. The lowest BCUT2D eigenvalue weighted by Gasteiger charge is -2.10. The van der Waals surface area contributed by atoms with Crippen molar-refractivity contribution in [3.8, 4) is 5.75 Å². The van der Waals surface area contributed by atoms with Crippen LogP contribution in [0.1, 0.15) is 11.1 Å². The predicted molar refractivity (Wildman–Crippen MR) is 125 cm³/mol. The number of aromatic nitrogens is 2. The summed E-state index contributed by atoms with van der Waals surface area (Å²) in [5, 5.41) is 11.2. The summed E-state index contributed by atoms with van der Waals surface area (Å²) in [7, 11) is 0. The molecule has 0 unspecified atom stereocenters. The highest BCUT2D eigenvalue weighted by Gasteiger charge is 2.14. The number of benzene rings is 3. The summed E-state index contributed by atoms with van der Waals surface area (Å²) in [4.78, 5) is 19.6. The quantitative estimate of drug-likeness (QED) is 0.233. The van der Waals surface area contributed by atoms with Crippen molar-refractivity contribution in [3.05, 3.63) is 92.8 Å². The Morgan fingerprint density at radius 1 is 1.06 bits per heavy atom. The average molecular weight is 471 g/mol. The van der Waals surface area contributed by atoms with Crippen molar-refractivity contribution >= 4 is 58.0 Å². The van der Waals surface area contributed by atoms with Gasteiger partial charge in [-0.05, 0) is 53.7 Å². The first kappa shape index (κ1) is 21.3. The van der Waals surface area contributed by atoms with Gasteiger partial charge >= 0.3 is 5.97 Å². The third-order valence-electron chi connectivity index (χ3n) is 4.37. The van der Waals surface area contributed by atoms with Gasteiger partial charge in [-0.15, -0.1) is 0 Å². The van der Waals surface area contributed by atoms with Crippen molar-refractivity contribution in [1.29, 1.82) is 0 Å². The van der Waals surface area contributed by atoms with Crippen LogP contribution in [-0.4, -0.2) is 21.0 Å². The molecule has 0 bridgehead atoms. The summed E-state index contributed by atoms with van der Waals surface area (Å²) in [6.45, 7) is 0.265. The largest absolute Gasteiger partial charge is 0.488 e. The number of ether oxygens (including phenoxy) is 1. The number of fused-ring (bicyclic) bond motifs is 1. The van der Waals surface area contributed by atoms with E-state index in [1.54, 1.807) is 30.3 Å². The Balaban J connectivity index is 1.57. The third-order valence-corrected chi connectivity index (χ3v) is 6.01. The number of para-hydroxylation sites is 3. The van der Waals surface area contributed by atoms with Gasteiger partial charge in [0.2, 0.25) is 0 Å². The average Bonchev–Trinajstić information content (AvgIpc) is 3.17. The van der Waals surface area contributed by atoms with E-state index in [0.29, 0.717) is 26.5 Å². The molecule has 0 saturated carbocycles. The lowest BCUT2D eigenvalue weighted by atomic mass is 10.2. The topological polar surface area (TPSA) is 75.2 Å². The molecular formula is C23H16Cl2N2O3S. The molecule has 0 saturated heterocycles. The number of hydrogen-bond donors (Lipinski definition) is 2. The lowest BCUT2D eigenvalue weighted by molar-refractivity contribution is -0.131. The molecule has 4 rings (SSSR count). The first-order valence-electron chi connectivity index (χ1n) is 9.23. The molecule has 8 heteroatoms. The summed E-state index contributed by atoms with van der Waals surface area (Å²) in [5.41, 5.74) is 3.12.